The van der Waals surface area contributed by atoms with Gasteiger partial charge >= 0.3 is 0 Å². The van der Waals surface area contributed by atoms with Gasteiger partial charge in [-0.2, -0.15) is 5.10 Å². The number of sulfonamides is 1. The number of nitrogens with zero attached hydrogens (tertiary/aromatic N) is 3. The van der Waals surface area contributed by atoms with Gasteiger partial charge in [0, 0.05) is 17.0 Å². The van der Waals surface area contributed by atoms with Crippen LogP contribution in [-0.2, 0) is 14.8 Å². The number of hydrazone groups is 1. The summed E-state index contributed by atoms with van der Waals surface area (Å²) in [5, 5.41) is 4.72. The Morgan fingerprint density at radius 1 is 1.03 bits per heavy atom. The third-order valence-corrected chi connectivity index (χ3v) is 8.12. The Bertz CT molecular complexity index is 1580. The van der Waals surface area contributed by atoms with E-state index < -0.39 is 22.5 Å². The summed E-state index contributed by atoms with van der Waals surface area (Å²) in [7, 11) is -4.03. The highest BCUT2D eigenvalue weighted by Gasteiger charge is 2.27. The van der Waals surface area contributed by atoms with Gasteiger partial charge in [-0.15, -0.1) is 0 Å². The van der Waals surface area contributed by atoms with Crippen molar-refractivity contribution < 1.29 is 17.9 Å². The van der Waals surface area contributed by atoms with E-state index in [1.807, 2.05) is 55.7 Å². The van der Waals surface area contributed by atoms with Crippen molar-refractivity contribution in [1.82, 2.24) is 9.99 Å². The van der Waals surface area contributed by atoms with Crippen LogP contribution in [0.25, 0.3) is 5.69 Å². The Morgan fingerprint density at radius 3 is 2.36 bits per heavy atom. The van der Waals surface area contributed by atoms with Crippen LogP contribution in [0.3, 0.4) is 0 Å². The standard InChI is InChI=1S/C29H29ClN4O4S/c1-4-38-25-16-14-24(15-17-25)33(39(36,37)26-10-6-5-7-11-26)20-29(35)32-31-19-23-18-21(2)34(22(23)3)28-13-9-8-12-27(28)30/h5-19H,4,20H2,1-3H3,(H,32,35)/b31-19+. The van der Waals surface area contributed by atoms with Crippen molar-refractivity contribution in [3.8, 4) is 11.4 Å². The number of ether oxygens (including phenoxy) is 1. The minimum Gasteiger partial charge on any atom is -0.494 e. The van der Waals surface area contributed by atoms with Crippen LogP contribution < -0.4 is 14.5 Å². The van der Waals surface area contributed by atoms with Crippen molar-refractivity contribution in [2.75, 3.05) is 17.5 Å². The molecule has 10 heteroatoms. The van der Waals surface area contributed by atoms with Crippen molar-refractivity contribution in [2.45, 2.75) is 25.7 Å². The molecule has 0 radical (unpaired) electrons. The molecular weight excluding hydrogens is 536 g/mol. The fraction of sp³-hybridized carbons (Fsp3) is 0.172. The molecule has 1 N–H and O–H groups in total. The first-order chi connectivity index (χ1) is 18.7. The van der Waals surface area contributed by atoms with E-state index in [-0.39, 0.29) is 4.90 Å². The van der Waals surface area contributed by atoms with E-state index in [1.54, 1.807) is 42.5 Å². The number of para-hydroxylation sites is 1. The second-order valence-electron chi connectivity index (χ2n) is 8.66. The average molecular weight is 565 g/mol. The summed E-state index contributed by atoms with van der Waals surface area (Å²) in [6.07, 6.45) is 1.53. The summed E-state index contributed by atoms with van der Waals surface area (Å²) in [4.78, 5) is 13.0. The topological polar surface area (TPSA) is 93.0 Å². The maximum absolute atomic E-state index is 13.5. The Kier molecular flexibility index (Phi) is 8.73. The minimum atomic E-state index is -4.03. The number of aryl methyl sites for hydroxylation is 1. The number of nitrogens with one attached hydrogen (secondary N) is 1. The molecule has 0 aliphatic rings. The zero-order valence-electron chi connectivity index (χ0n) is 21.8. The molecule has 39 heavy (non-hydrogen) atoms. The van der Waals surface area contributed by atoms with E-state index in [4.69, 9.17) is 16.3 Å². The monoisotopic (exact) mass is 564 g/mol. The molecule has 1 heterocycles. The lowest BCUT2D eigenvalue weighted by atomic mass is 10.2. The van der Waals surface area contributed by atoms with Gasteiger partial charge < -0.3 is 9.30 Å². The molecule has 8 nitrogen and oxygen atoms in total. The fourth-order valence-corrected chi connectivity index (χ4v) is 5.83. The molecule has 3 aromatic carbocycles. The van der Waals surface area contributed by atoms with E-state index in [1.165, 1.54) is 18.3 Å². The second-order valence-corrected chi connectivity index (χ2v) is 10.9. The number of anilines is 1. The first-order valence-corrected chi connectivity index (χ1v) is 14.1. The lowest BCUT2D eigenvalue weighted by molar-refractivity contribution is -0.119. The predicted octanol–water partition coefficient (Wildman–Crippen LogP) is 5.49. The summed E-state index contributed by atoms with van der Waals surface area (Å²) in [6, 6.07) is 24.0. The molecule has 0 unspecified atom stereocenters. The van der Waals surface area contributed by atoms with E-state index in [9.17, 15) is 13.2 Å². The number of hydrogen-bond acceptors (Lipinski definition) is 5. The van der Waals surface area contributed by atoms with Crippen molar-refractivity contribution in [3.05, 3.63) is 107 Å². The van der Waals surface area contributed by atoms with Gasteiger partial charge in [0.25, 0.3) is 15.9 Å². The number of carbonyl (C=O) groups is 1. The summed E-state index contributed by atoms with van der Waals surface area (Å²) < 4.78 is 35.5. The number of hydrogen-bond donors (Lipinski definition) is 1. The normalized spacial score (nSPS) is 11.5. The summed E-state index contributed by atoms with van der Waals surface area (Å²) in [5.41, 5.74) is 6.25. The molecule has 0 spiro atoms. The summed E-state index contributed by atoms with van der Waals surface area (Å²) >= 11 is 6.39. The van der Waals surface area contributed by atoms with Crippen LogP contribution in [-0.4, -0.2) is 38.3 Å². The maximum atomic E-state index is 13.5. The first kappa shape index (κ1) is 27.9. The average Bonchev–Trinajstić information content (AvgIpc) is 3.21. The van der Waals surface area contributed by atoms with Gasteiger partial charge in [0.15, 0.2) is 0 Å². The van der Waals surface area contributed by atoms with Gasteiger partial charge in [-0.1, -0.05) is 41.9 Å². The Morgan fingerprint density at radius 2 is 1.69 bits per heavy atom. The van der Waals surface area contributed by atoms with Gasteiger partial charge in [0.05, 0.1) is 34.1 Å². The van der Waals surface area contributed by atoms with Crippen LogP contribution >= 0.6 is 11.6 Å². The van der Waals surface area contributed by atoms with Crippen molar-refractivity contribution in [1.29, 1.82) is 0 Å². The molecule has 1 amide bonds. The highest BCUT2D eigenvalue weighted by atomic mass is 35.5. The van der Waals surface area contributed by atoms with Gasteiger partial charge in [0.1, 0.15) is 12.3 Å². The number of halogens is 1. The molecule has 0 bridgehead atoms. The molecule has 0 aliphatic carbocycles. The van der Waals surface area contributed by atoms with E-state index in [0.717, 1.165) is 26.9 Å². The van der Waals surface area contributed by atoms with Crippen LogP contribution in [0.2, 0.25) is 5.02 Å². The largest absolute Gasteiger partial charge is 0.494 e. The molecule has 4 aromatic rings. The van der Waals surface area contributed by atoms with Gasteiger partial charge in [-0.3, -0.25) is 9.10 Å². The smallest absolute Gasteiger partial charge is 0.264 e. The van der Waals surface area contributed by atoms with Crippen molar-refractivity contribution in [3.63, 3.8) is 0 Å². The van der Waals surface area contributed by atoms with Crippen LogP contribution in [0.4, 0.5) is 5.69 Å². The molecule has 202 valence electrons. The third-order valence-electron chi connectivity index (χ3n) is 6.01. The number of carbonyl (C=O) groups excluding carboxylic acids is 1. The molecule has 0 atom stereocenters. The Labute approximate surface area is 233 Å². The number of benzene rings is 3. The van der Waals surface area contributed by atoms with Gasteiger partial charge in [-0.05, 0) is 75.4 Å². The lowest BCUT2D eigenvalue weighted by Crippen LogP contribution is -2.39. The SMILES string of the molecule is CCOc1ccc(N(CC(=O)N/N=C/c2cc(C)n(-c3ccccc3Cl)c2C)S(=O)(=O)c2ccccc2)cc1. The van der Waals surface area contributed by atoms with Gasteiger partial charge in [0.2, 0.25) is 0 Å². The summed E-state index contributed by atoms with van der Waals surface area (Å²) in [6.45, 7) is 5.75. The zero-order chi connectivity index (χ0) is 28.0. The number of amides is 1. The second kappa shape index (κ2) is 12.2. The van der Waals surface area contributed by atoms with E-state index in [2.05, 4.69) is 10.5 Å². The number of rotatable bonds is 10. The van der Waals surface area contributed by atoms with Crippen LogP contribution in [0.1, 0.15) is 23.9 Å². The molecular formula is C29H29ClN4O4S. The molecule has 0 fully saturated rings. The molecule has 4 rings (SSSR count). The highest BCUT2D eigenvalue weighted by molar-refractivity contribution is 7.92. The lowest BCUT2D eigenvalue weighted by Gasteiger charge is -2.24. The maximum Gasteiger partial charge on any atom is 0.264 e. The third kappa shape index (κ3) is 6.32. The number of aromatic nitrogens is 1. The molecule has 0 saturated carbocycles. The van der Waals surface area contributed by atoms with Crippen molar-refractivity contribution in [2.24, 2.45) is 5.10 Å². The summed E-state index contributed by atoms with van der Waals surface area (Å²) in [5.74, 6) is 0.00121. The van der Waals surface area contributed by atoms with Crippen LogP contribution in [0.15, 0.2) is 94.9 Å². The van der Waals surface area contributed by atoms with Crippen LogP contribution in [0, 0.1) is 13.8 Å². The Balaban J connectivity index is 1.55. The highest BCUT2D eigenvalue weighted by Crippen LogP contribution is 2.27. The molecule has 0 aliphatic heterocycles. The predicted molar refractivity (Wildman–Crippen MR) is 155 cm³/mol. The zero-order valence-corrected chi connectivity index (χ0v) is 23.4. The van der Waals surface area contributed by atoms with Crippen molar-refractivity contribution >= 4 is 39.4 Å². The Hall–Kier alpha value is -4.08. The first-order valence-electron chi connectivity index (χ1n) is 12.3. The molecule has 1 aromatic heterocycles. The van der Waals surface area contributed by atoms with E-state index >= 15 is 0 Å². The van der Waals surface area contributed by atoms with E-state index in [0.29, 0.717) is 23.1 Å². The van der Waals surface area contributed by atoms with Crippen LogP contribution in [0.5, 0.6) is 5.75 Å². The quantitative estimate of drug-likeness (QED) is 0.203. The molecule has 0 saturated heterocycles. The fourth-order valence-electron chi connectivity index (χ4n) is 4.17. The minimum absolute atomic E-state index is 0.0715. The van der Waals surface area contributed by atoms with Gasteiger partial charge in [-0.25, -0.2) is 13.8 Å².